The van der Waals surface area contributed by atoms with Gasteiger partial charge in [-0.2, -0.15) is 0 Å². The predicted molar refractivity (Wildman–Crippen MR) is 64.7 cm³/mol. The van der Waals surface area contributed by atoms with E-state index in [9.17, 15) is 13.2 Å². The average molecular weight is 275 g/mol. The Morgan fingerprint density at radius 3 is 2.82 bits per heavy atom. The Morgan fingerprint density at radius 2 is 2.29 bits per heavy atom. The molecular formula is C9H13N3O3S2. The van der Waals surface area contributed by atoms with Gasteiger partial charge in [-0.25, -0.2) is 8.42 Å². The second-order valence-electron chi connectivity index (χ2n) is 4.15. The molecule has 0 unspecified atom stereocenters. The zero-order valence-electron chi connectivity index (χ0n) is 9.34. The van der Waals surface area contributed by atoms with E-state index in [0.29, 0.717) is 11.6 Å². The zero-order valence-corrected chi connectivity index (χ0v) is 11.0. The molecule has 2 rings (SSSR count). The van der Waals surface area contributed by atoms with E-state index in [4.69, 9.17) is 0 Å². The number of hydrogen-bond donors (Lipinski definition) is 1. The van der Waals surface area contributed by atoms with Crippen LogP contribution in [-0.2, 0) is 14.6 Å². The lowest BCUT2D eigenvalue weighted by molar-refractivity contribution is -0.116. The van der Waals surface area contributed by atoms with Crippen LogP contribution >= 0.6 is 11.3 Å². The SMILES string of the molecule is Cc1nnc(NC(=O)C[C@H]2CCS(=O)(=O)C2)s1. The fraction of sp³-hybridized carbons (Fsp3) is 0.667. The van der Waals surface area contributed by atoms with Crippen LogP contribution in [0.1, 0.15) is 17.8 Å². The van der Waals surface area contributed by atoms with Gasteiger partial charge < -0.3 is 5.32 Å². The van der Waals surface area contributed by atoms with Gasteiger partial charge in [0.15, 0.2) is 9.84 Å². The van der Waals surface area contributed by atoms with Gasteiger partial charge >= 0.3 is 0 Å². The van der Waals surface area contributed by atoms with Gasteiger partial charge in [0.05, 0.1) is 11.5 Å². The number of amides is 1. The summed E-state index contributed by atoms with van der Waals surface area (Å²) >= 11 is 1.30. The highest BCUT2D eigenvalue weighted by Crippen LogP contribution is 2.22. The van der Waals surface area contributed by atoms with E-state index in [1.807, 2.05) is 0 Å². The Bertz CT molecular complexity index is 523. The molecule has 0 bridgehead atoms. The van der Waals surface area contributed by atoms with E-state index < -0.39 is 9.84 Å². The third-order valence-electron chi connectivity index (χ3n) is 2.57. The van der Waals surface area contributed by atoms with Crippen molar-refractivity contribution in [3.63, 3.8) is 0 Å². The second kappa shape index (κ2) is 4.69. The highest BCUT2D eigenvalue weighted by atomic mass is 32.2. The predicted octanol–water partition coefficient (Wildman–Crippen LogP) is 0.610. The fourth-order valence-corrected chi connectivity index (χ4v) is 4.28. The van der Waals surface area contributed by atoms with Crippen molar-refractivity contribution in [1.82, 2.24) is 10.2 Å². The topological polar surface area (TPSA) is 89.0 Å². The number of sulfone groups is 1. The monoisotopic (exact) mass is 275 g/mol. The van der Waals surface area contributed by atoms with Gasteiger partial charge in [-0.05, 0) is 19.3 Å². The van der Waals surface area contributed by atoms with Crippen LogP contribution in [0.4, 0.5) is 5.13 Å². The van der Waals surface area contributed by atoms with E-state index in [2.05, 4.69) is 15.5 Å². The largest absolute Gasteiger partial charge is 0.301 e. The minimum Gasteiger partial charge on any atom is -0.301 e. The Morgan fingerprint density at radius 1 is 1.53 bits per heavy atom. The first-order chi connectivity index (χ1) is 7.94. The van der Waals surface area contributed by atoms with Gasteiger partial charge in [0.25, 0.3) is 0 Å². The van der Waals surface area contributed by atoms with Crippen molar-refractivity contribution in [3.05, 3.63) is 5.01 Å². The molecule has 1 saturated heterocycles. The molecule has 94 valence electrons. The molecule has 1 fully saturated rings. The summed E-state index contributed by atoms with van der Waals surface area (Å²) in [6.45, 7) is 1.80. The molecule has 1 aliphatic rings. The van der Waals surface area contributed by atoms with Crippen LogP contribution in [0.2, 0.25) is 0 Å². The summed E-state index contributed by atoms with van der Waals surface area (Å²) in [4.78, 5) is 11.6. The Hall–Kier alpha value is -1.02. The second-order valence-corrected chi connectivity index (χ2v) is 7.56. The molecule has 8 heteroatoms. The fourth-order valence-electron chi connectivity index (χ4n) is 1.81. The summed E-state index contributed by atoms with van der Waals surface area (Å²) in [6.07, 6.45) is 0.808. The van der Waals surface area contributed by atoms with E-state index in [1.54, 1.807) is 6.92 Å². The third-order valence-corrected chi connectivity index (χ3v) is 5.16. The van der Waals surface area contributed by atoms with Gasteiger partial charge in [-0.3, -0.25) is 4.79 Å². The van der Waals surface area contributed by atoms with Crippen molar-refractivity contribution in [1.29, 1.82) is 0 Å². The molecule has 1 aromatic heterocycles. The standard InChI is InChI=1S/C9H13N3O3S2/c1-6-11-12-9(16-6)10-8(13)4-7-2-3-17(14,15)5-7/h7H,2-5H2,1H3,(H,10,12,13)/t7-/m1/s1. The third kappa shape index (κ3) is 3.47. The number of hydrogen-bond acceptors (Lipinski definition) is 6. The van der Waals surface area contributed by atoms with Crippen LogP contribution in [0.3, 0.4) is 0 Å². The van der Waals surface area contributed by atoms with Crippen molar-refractivity contribution in [2.24, 2.45) is 5.92 Å². The molecule has 17 heavy (non-hydrogen) atoms. The van der Waals surface area contributed by atoms with Crippen LogP contribution in [0, 0.1) is 12.8 Å². The molecule has 1 aliphatic heterocycles. The zero-order chi connectivity index (χ0) is 12.5. The number of nitrogens with zero attached hydrogens (tertiary/aromatic N) is 2. The highest BCUT2D eigenvalue weighted by Gasteiger charge is 2.29. The van der Waals surface area contributed by atoms with Crippen molar-refractivity contribution >= 4 is 32.2 Å². The minimum absolute atomic E-state index is 0.0611. The molecule has 1 N–H and O–H groups in total. The lowest BCUT2D eigenvalue weighted by atomic mass is 10.1. The number of aromatic nitrogens is 2. The van der Waals surface area contributed by atoms with Crippen molar-refractivity contribution in [2.45, 2.75) is 19.8 Å². The first-order valence-electron chi connectivity index (χ1n) is 5.25. The summed E-state index contributed by atoms with van der Waals surface area (Å²) in [5.41, 5.74) is 0. The molecule has 2 heterocycles. The molecule has 1 atom stereocenters. The molecule has 0 saturated carbocycles. The molecule has 6 nitrogen and oxygen atoms in total. The maximum atomic E-state index is 11.6. The summed E-state index contributed by atoms with van der Waals surface area (Å²) in [6, 6.07) is 0. The normalized spacial score (nSPS) is 22.5. The van der Waals surface area contributed by atoms with E-state index in [-0.39, 0.29) is 29.8 Å². The number of anilines is 1. The van der Waals surface area contributed by atoms with Crippen molar-refractivity contribution in [2.75, 3.05) is 16.8 Å². The van der Waals surface area contributed by atoms with E-state index in [0.717, 1.165) is 5.01 Å². The summed E-state index contributed by atoms with van der Waals surface area (Å²) in [5, 5.41) is 11.4. The molecule has 0 aromatic carbocycles. The number of carbonyl (C=O) groups is 1. The first kappa shape index (κ1) is 12.4. The molecular weight excluding hydrogens is 262 g/mol. The summed E-state index contributed by atoms with van der Waals surface area (Å²) < 4.78 is 22.5. The number of aryl methyl sites for hydroxylation is 1. The highest BCUT2D eigenvalue weighted by molar-refractivity contribution is 7.91. The Balaban J connectivity index is 1.86. The van der Waals surface area contributed by atoms with Crippen LogP contribution in [0.15, 0.2) is 0 Å². The molecule has 1 aromatic rings. The maximum absolute atomic E-state index is 11.6. The van der Waals surface area contributed by atoms with Crippen LogP contribution in [-0.4, -0.2) is 36.0 Å². The Labute approximate surface area is 103 Å². The maximum Gasteiger partial charge on any atom is 0.226 e. The molecule has 0 radical (unpaired) electrons. The summed E-state index contributed by atoms with van der Waals surface area (Å²) in [5.74, 6) is 0.0654. The van der Waals surface area contributed by atoms with Crippen LogP contribution in [0.25, 0.3) is 0 Å². The lowest BCUT2D eigenvalue weighted by Gasteiger charge is -2.05. The first-order valence-corrected chi connectivity index (χ1v) is 7.89. The smallest absolute Gasteiger partial charge is 0.226 e. The van der Waals surface area contributed by atoms with Crippen molar-refractivity contribution < 1.29 is 13.2 Å². The van der Waals surface area contributed by atoms with Gasteiger partial charge in [0.1, 0.15) is 5.01 Å². The number of nitrogens with one attached hydrogen (secondary N) is 1. The van der Waals surface area contributed by atoms with Crippen molar-refractivity contribution in [3.8, 4) is 0 Å². The lowest BCUT2D eigenvalue weighted by Crippen LogP contribution is -2.17. The van der Waals surface area contributed by atoms with Crippen LogP contribution < -0.4 is 5.32 Å². The van der Waals surface area contributed by atoms with E-state index in [1.165, 1.54) is 11.3 Å². The van der Waals surface area contributed by atoms with Gasteiger partial charge in [0, 0.05) is 6.42 Å². The minimum atomic E-state index is -2.92. The molecule has 0 spiro atoms. The molecule has 1 amide bonds. The number of carbonyl (C=O) groups excluding carboxylic acids is 1. The molecule has 0 aliphatic carbocycles. The van der Waals surface area contributed by atoms with Gasteiger partial charge in [-0.15, -0.1) is 10.2 Å². The van der Waals surface area contributed by atoms with Gasteiger partial charge in [-0.1, -0.05) is 11.3 Å². The van der Waals surface area contributed by atoms with Gasteiger partial charge in [0.2, 0.25) is 11.0 Å². The quantitative estimate of drug-likeness (QED) is 0.873. The average Bonchev–Trinajstić information content (AvgIpc) is 2.73. The van der Waals surface area contributed by atoms with E-state index >= 15 is 0 Å². The summed E-state index contributed by atoms with van der Waals surface area (Å²) in [7, 11) is -2.92. The number of rotatable bonds is 3. The van der Waals surface area contributed by atoms with Crippen LogP contribution in [0.5, 0.6) is 0 Å². The Kier molecular flexibility index (Phi) is 3.43.